The molecule has 1 atom stereocenters. The highest BCUT2D eigenvalue weighted by Crippen LogP contribution is 2.15. The molecule has 0 bridgehead atoms. The van der Waals surface area contributed by atoms with Crippen LogP contribution in [0.4, 0.5) is 5.69 Å². The predicted molar refractivity (Wildman–Crippen MR) is 59.5 cm³/mol. The first-order chi connectivity index (χ1) is 5.95. The van der Waals surface area contributed by atoms with Crippen LogP contribution in [0.25, 0.3) is 0 Å². The van der Waals surface area contributed by atoms with Crippen LogP contribution in [0.15, 0.2) is 42.5 Å². The Morgan fingerprint density at radius 3 is 2.54 bits per heavy atom. The van der Waals surface area contributed by atoms with Crippen LogP contribution in [-0.2, 0) is 0 Å². The van der Waals surface area contributed by atoms with Gasteiger partial charge in [0.2, 0.25) is 0 Å². The van der Waals surface area contributed by atoms with E-state index in [0.29, 0.717) is 6.04 Å². The summed E-state index contributed by atoms with van der Waals surface area (Å²) in [7, 11) is 0. The van der Waals surface area contributed by atoms with Crippen molar-refractivity contribution < 1.29 is 0 Å². The van der Waals surface area contributed by atoms with Gasteiger partial charge in [-0.2, -0.15) is 0 Å². The summed E-state index contributed by atoms with van der Waals surface area (Å²) in [5.41, 5.74) is 1.22. The lowest BCUT2D eigenvalue weighted by molar-refractivity contribution is 0.826. The molecule has 0 fully saturated rings. The van der Waals surface area contributed by atoms with Crippen molar-refractivity contribution in [3.63, 3.8) is 0 Å². The topological polar surface area (TPSA) is 12.0 Å². The van der Waals surface area contributed by atoms with E-state index in [1.807, 2.05) is 6.07 Å². The fourth-order valence-electron chi connectivity index (χ4n) is 1.50. The van der Waals surface area contributed by atoms with E-state index in [-0.39, 0.29) is 12.4 Å². The molecule has 0 aliphatic heterocycles. The van der Waals surface area contributed by atoms with Crippen molar-refractivity contribution in [1.82, 2.24) is 0 Å². The number of para-hydroxylation sites is 1. The molecule has 0 radical (unpaired) electrons. The molecule has 13 heavy (non-hydrogen) atoms. The molecule has 1 aromatic rings. The maximum Gasteiger partial charge on any atom is 0.0447 e. The molecule has 0 spiro atoms. The second-order valence-corrected chi connectivity index (χ2v) is 3.12. The third-order valence-electron chi connectivity index (χ3n) is 2.14. The van der Waals surface area contributed by atoms with E-state index < -0.39 is 0 Å². The third-order valence-corrected chi connectivity index (χ3v) is 2.14. The number of anilines is 1. The van der Waals surface area contributed by atoms with Gasteiger partial charge in [-0.15, -0.1) is 12.4 Å². The van der Waals surface area contributed by atoms with Gasteiger partial charge in [-0.3, -0.25) is 0 Å². The van der Waals surface area contributed by atoms with Crippen LogP contribution < -0.4 is 5.32 Å². The van der Waals surface area contributed by atoms with Gasteiger partial charge in [0.05, 0.1) is 0 Å². The van der Waals surface area contributed by atoms with Gasteiger partial charge < -0.3 is 5.32 Å². The molecular formula is C11H14ClN. The molecule has 0 saturated carbocycles. The highest BCUT2D eigenvalue weighted by molar-refractivity contribution is 5.85. The highest BCUT2D eigenvalue weighted by atomic mass is 35.5. The summed E-state index contributed by atoms with van der Waals surface area (Å²) in [6, 6.07) is 10.9. The quantitative estimate of drug-likeness (QED) is 0.715. The van der Waals surface area contributed by atoms with Crippen molar-refractivity contribution in [2.75, 3.05) is 5.32 Å². The molecule has 2 rings (SSSR count). The van der Waals surface area contributed by atoms with E-state index in [0.717, 1.165) is 0 Å². The summed E-state index contributed by atoms with van der Waals surface area (Å²) in [6.45, 7) is 0. The number of nitrogens with one attached hydrogen (secondary N) is 1. The van der Waals surface area contributed by atoms with Gasteiger partial charge in [-0.05, 0) is 25.0 Å². The normalized spacial score (nSPS) is 19.5. The monoisotopic (exact) mass is 195 g/mol. The summed E-state index contributed by atoms with van der Waals surface area (Å²) in [5.74, 6) is 0. The third kappa shape index (κ3) is 2.78. The molecule has 1 nitrogen and oxygen atoms in total. The first-order valence-corrected chi connectivity index (χ1v) is 4.43. The number of halogens is 1. The average molecular weight is 196 g/mol. The van der Waals surface area contributed by atoms with Crippen LogP contribution in [0.2, 0.25) is 0 Å². The van der Waals surface area contributed by atoms with Crippen LogP contribution in [0.1, 0.15) is 12.8 Å². The number of benzene rings is 1. The van der Waals surface area contributed by atoms with Crippen molar-refractivity contribution in [2.24, 2.45) is 0 Å². The van der Waals surface area contributed by atoms with Gasteiger partial charge in [0.1, 0.15) is 0 Å². The Bertz CT molecular complexity index is 269. The lowest BCUT2D eigenvalue weighted by atomic mass is 10.2. The van der Waals surface area contributed by atoms with Crippen molar-refractivity contribution in [3.8, 4) is 0 Å². The lowest BCUT2D eigenvalue weighted by Crippen LogP contribution is -2.12. The van der Waals surface area contributed by atoms with Crippen molar-refractivity contribution in [3.05, 3.63) is 42.5 Å². The molecule has 1 unspecified atom stereocenters. The average Bonchev–Trinajstić information content (AvgIpc) is 2.59. The van der Waals surface area contributed by atoms with Crippen molar-refractivity contribution in [1.29, 1.82) is 0 Å². The summed E-state index contributed by atoms with van der Waals surface area (Å²) >= 11 is 0. The molecule has 0 amide bonds. The Morgan fingerprint density at radius 2 is 1.92 bits per heavy atom. The zero-order valence-corrected chi connectivity index (χ0v) is 8.26. The van der Waals surface area contributed by atoms with E-state index in [1.54, 1.807) is 0 Å². The van der Waals surface area contributed by atoms with Crippen LogP contribution in [0, 0.1) is 0 Å². The Labute approximate surface area is 85.3 Å². The van der Waals surface area contributed by atoms with Gasteiger partial charge in [-0.25, -0.2) is 0 Å². The molecule has 1 N–H and O–H groups in total. The maximum absolute atomic E-state index is 3.45. The SMILES string of the molecule is C1=CC(Nc2ccccc2)CC1.Cl. The number of allylic oxidation sites excluding steroid dienone is 1. The van der Waals surface area contributed by atoms with Gasteiger partial charge in [0.25, 0.3) is 0 Å². The van der Waals surface area contributed by atoms with Gasteiger partial charge >= 0.3 is 0 Å². The van der Waals surface area contributed by atoms with E-state index in [4.69, 9.17) is 0 Å². The number of hydrogen-bond acceptors (Lipinski definition) is 1. The van der Waals surface area contributed by atoms with Crippen LogP contribution in [-0.4, -0.2) is 6.04 Å². The summed E-state index contributed by atoms with van der Waals surface area (Å²) < 4.78 is 0. The second kappa shape index (κ2) is 4.93. The fraction of sp³-hybridized carbons (Fsp3) is 0.273. The molecule has 1 aromatic carbocycles. The Kier molecular flexibility index (Phi) is 3.84. The molecule has 0 saturated heterocycles. The molecule has 1 aliphatic rings. The number of hydrogen-bond donors (Lipinski definition) is 1. The van der Waals surface area contributed by atoms with E-state index in [1.165, 1.54) is 18.5 Å². The fourth-order valence-corrected chi connectivity index (χ4v) is 1.50. The largest absolute Gasteiger partial charge is 0.379 e. The minimum atomic E-state index is 0. The number of rotatable bonds is 2. The minimum Gasteiger partial charge on any atom is -0.379 e. The standard InChI is InChI=1S/C11H13N.ClH/c1-2-6-10(7-3-1)12-11-8-4-5-9-11;/h1-4,6-8,11-12H,5,9H2;1H. The zero-order chi connectivity index (χ0) is 8.23. The second-order valence-electron chi connectivity index (χ2n) is 3.12. The van der Waals surface area contributed by atoms with Crippen LogP contribution in [0.5, 0.6) is 0 Å². The lowest BCUT2D eigenvalue weighted by Gasteiger charge is -2.11. The predicted octanol–water partition coefficient (Wildman–Crippen LogP) is 3.24. The van der Waals surface area contributed by atoms with E-state index in [2.05, 4.69) is 41.7 Å². The van der Waals surface area contributed by atoms with Crippen molar-refractivity contribution in [2.45, 2.75) is 18.9 Å². The zero-order valence-electron chi connectivity index (χ0n) is 7.44. The summed E-state index contributed by atoms with van der Waals surface area (Å²) in [5, 5.41) is 3.45. The van der Waals surface area contributed by atoms with Crippen LogP contribution in [0.3, 0.4) is 0 Å². The van der Waals surface area contributed by atoms with Crippen molar-refractivity contribution >= 4 is 18.1 Å². The van der Waals surface area contributed by atoms with Crippen LogP contribution >= 0.6 is 12.4 Å². The molecule has 70 valence electrons. The van der Waals surface area contributed by atoms with Gasteiger partial charge in [0.15, 0.2) is 0 Å². The molecule has 1 aliphatic carbocycles. The summed E-state index contributed by atoms with van der Waals surface area (Å²) in [4.78, 5) is 0. The molecule has 0 heterocycles. The first kappa shape index (κ1) is 10.1. The smallest absolute Gasteiger partial charge is 0.0447 e. The molecule has 2 heteroatoms. The molecule has 0 aromatic heterocycles. The van der Waals surface area contributed by atoms with E-state index in [9.17, 15) is 0 Å². The van der Waals surface area contributed by atoms with Gasteiger partial charge in [-0.1, -0.05) is 30.4 Å². The first-order valence-electron chi connectivity index (χ1n) is 4.43. The maximum atomic E-state index is 3.45. The Hall–Kier alpha value is -0.950. The van der Waals surface area contributed by atoms with E-state index >= 15 is 0 Å². The Morgan fingerprint density at radius 1 is 1.15 bits per heavy atom. The summed E-state index contributed by atoms with van der Waals surface area (Å²) in [6.07, 6.45) is 6.92. The minimum absolute atomic E-state index is 0. The molecular weight excluding hydrogens is 182 g/mol. The Balaban J connectivity index is 0.000000845. The highest BCUT2D eigenvalue weighted by Gasteiger charge is 2.07. The van der Waals surface area contributed by atoms with Gasteiger partial charge in [0, 0.05) is 11.7 Å².